The van der Waals surface area contributed by atoms with Crippen LogP contribution < -0.4 is 9.39 Å². The van der Waals surface area contributed by atoms with Gasteiger partial charge in [-0.2, -0.15) is 0 Å². The third kappa shape index (κ3) is 4.08. The van der Waals surface area contributed by atoms with Crippen LogP contribution in [-0.4, -0.2) is 23.7 Å². The highest BCUT2D eigenvalue weighted by Crippen LogP contribution is 2.31. The number of rotatable bonds is 3. The fraction of sp³-hybridized carbons (Fsp3) is 0.143. The van der Waals surface area contributed by atoms with Crippen molar-refractivity contribution in [2.75, 3.05) is 0 Å². The Bertz CT molecular complexity index is 385. The van der Waals surface area contributed by atoms with Gasteiger partial charge in [0, 0.05) is 12.1 Å². The van der Waals surface area contributed by atoms with Crippen LogP contribution in [0.4, 0.5) is 22.0 Å². The Labute approximate surface area is 91.4 Å². The second-order valence-electron chi connectivity index (χ2n) is 2.71. The molecule has 0 radical (unpaired) electrons. The van der Waals surface area contributed by atoms with Crippen LogP contribution in [0.2, 0.25) is 0 Å². The van der Waals surface area contributed by atoms with E-state index in [0.29, 0.717) is 12.1 Å². The van der Waals surface area contributed by atoms with Gasteiger partial charge in [-0.05, 0) is 0 Å². The predicted octanol–water partition coefficient (Wildman–Crippen LogP) is 1.21. The maximum atomic E-state index is 13.0. The van der Waals surface area contributed by atoms with Crippen LogP contribution in [0, 0.1) is 11.6 Å². The number of hydrogen-bond acceptors (Lipinski definition) is 4. The molecule has 2 N–H and O–H groups in total. The molecule has 17 heavy (non-hydrogen) atoms. The van der Waals surface area contributed by atoms with Crippen LogP contribution in [0.3, 0.4) is 0 Å². The van der Waals surface area contributed by atoms with E-state index in [-0.39, 0.29) is 0 Å². The van der Waals surface area contributed by atoms with E-state index >= 15 is 0 Å². The molecule has 1 aromatic carbocycles. The zero-order valence-electron chi connectivity index (χ0n) is 7.83. The van der Waals surface area contributed by atoms with E-state index in [9.17, 15) is 22.0 Å². The number of benzene rings is 1. The summed E-state index contributed by atoms with van der Waals surface area (Å²) in [5.74, 6) is -5.75. The zero-order chi connectivity index (χ0) is 13.2. The summed E-state index contributed by atoms with van der Waals surface area (Å²) in [6.45, 7) is 0. The van der Waals surface area contributed by atoms with Gasteiger partial charge in [0.25, 0.3) is 0 Å². The summed E-state index contributed by atoms with van der Waals surface area (Å²) < 4.78 is 68.4. The molecule has 94 valence electrons. The quantitative estimate of drug-likeness (QED) is 0.632. The molecule has 0 fully saturated rings. The van der Waals surface area contributed by atoms with E-state index in [1.165, 1.54) is 0 Å². The summed E-state index contributed by atoms with van der Waals surface area (Å²) in [5, 5.41) is 16.6. The second kappa shape index (κ2) is 4.76. The topological polar surface area (TPSA) is 58.9 Å². The third-order valence-corrected chi connectivity index (χ3v) is 1.43. The van der Waals surface area contributed by atoms with Gasteiger partial charge in [-0.25, -0.2) is 8.78 Å². The van der Waals surface area contributed by atoms with E-state index < -0.39 is 36.8 Å². The van der Waals surface area contributed by atoms with Gasteiger partial charge in [-0.3, -0.25) is 0 Å². The molecular formula is C7H4BF5O4. The Kier molecular flexibility index (Phi) is 3.78. The Morgan fingerprint density at radius 3 is 1.88 bits per heavy atom. The fourth-order valence-corrected chi connectivity index (χ4v) is 0.940. The molecular weight excluding hydrogens is 254 g/mol. The first kappa shape index (κ1) is 13.5. The molecule has 0 aliphatic carbocycles. The lowest BCUT2D eigenvalue weighted by Crippen LogP contribution is -2.21. The molecule has 0 bridgehead atoms. The fourth-order valence-electron chi connectivity index (χ4n) is 0.940. The van der Waals surface area contributed by atoms with Gasteiger partial charge in [0.15, 0.2) is 11.6 Å². The predicted molar refractivity (Wildman–Crippen MR) is 43.9 cm³/mol. The number of ether oxygens (including phenoxy) is 1. The monoisotopic (exact) mass is 258 g/mol. The van der Waals surface area contributed by atoms with Gasteiger partial charge >= 0.3 is 13.7 Å². The highest BCUT2D eigenvalue weighted by molar-refractivity contribution is 6.33. The average molecular weight is 258 g/mol. The number of halogens is 5. The van der Waals surface area contributed by atoms with Gasteiger partial charge in [-0.15, -0.1) is 13.2 Å². The standard InChI is InChI=1S/C7H4BF5O4/c9-4-1-3(17-8(14)15)2-5(10)6(4)16-7(11,12)13/h1-2,14-15H. The summed E-state index contributed by atoms with van der Waals surface area (Å²) in [6.07, 6.45) is -5.25. The summed E-state index contributed by atoms with van der Waals surface area (Å²) >= 11 is 0. The van der Waals surface area contributed by atoms with Crippen molar-refractivity contribution < 1.29 is 41.4 Å². The molecule has 0 saturated carbocycles. The maximum absolute atomic E-state index is 13.0. The minimum Gasteiger partial charge on any atom is -0.512 e. The van der Waals surface area contributed by atoms with Crippen LogP contribution in [0.25, 0.3) is 0 Å². The van der Waals surface area contributed by atoms with Crippen LogP contribution >= 0.6 is 0 Å². The molecule has 4 nitrogen and oxygen atoms in total. The molecule has 1 rings (SSSR count). The molecule has 0 aromatic heterocycles. The van der Waals surface area contributed by atoms with Gasteiger partial charge in [0.05, 0.1) is 0 Å². The summed E-state index contributed by atoms with van der Waals surface area (Å²) in [4.78, 5) is 0. The molecule has 0 heterocycles. The van der Waals surface area contributed by atoms with Crippen LogP contribution in [0.5, 0.6) is 11.5 Å². The van der Waals surface area contributed by atoms with Crippen LogP contribution in [-0.2, 0) is 0 Å². The molecule has 0 aliphatic rings. The van der Waals surface area contributed by atoms with Crippen molar-refractivity contribution in [1.82, 2.24) is 0 Å². The molecule has 10 heteroatoms. The van der Waals surface area contributed by atoms with E-state index in [4.69, 9.17) is 10.0 Å². The number of alkyl halides is 3. The van der Waals surface area contributed by atoms with Gasteiger partial charge in [-0.1, -0.05) is 0 Å². The average Bonchev–Trinajstić information content (AvgIpc) is 2.08. The van der Waals surface area contributed by atoms with Crippen molar-refractivity contribution in [2.24, 2.45) is 0 Å². The molecule has 1 aromatic rings. The first-order chi connectivity index (χ1) is 7.69. The Balaban J connectivity index is 3.02. The molecule has 0 aliphatic heterocycles. The summed E-state index contributed by atoms with van der Waals surface area (Å²) in [5.41, 5.74) is 0. The van der Waals surface area contributed by atoms with Crippen molar-refractivity contribution in [3.05, 3.63) is 23.8 Å². The highest BCUT2D eigenvalue weighted by atomic mass is 19.4. The van der Waals surface area contributed by atoms with E-state index in [1.54, 1.807) is 0 Å². The van der Waals surface area contributed by atoms with Crippen molar-refractivity contribution in [1.29, 1.82) is 0 Å². The SMILES string of the molecule is OB(O)Oc1cc(F)c(OC(F)(F)F)c(F)c1. The Morgan fingerprint density at radius 2 is 1.53 bits per heavy atom. The summed E-state index contributed by atoms with van der Waals surface area (Å²) in [6, 6.07) is 0.618. The Hall–Kier alpha value is -1.55. The normalized spacial score (nSPS) is 11.2. The maximum Gasteiger partial charge on any atom is 0.707 e. The lowest BCUT2D eigenvalue weighted by Gasteiger charge is -2.12. The van der Waals surface area contributed by atoms with Gasteiger partial charge < -0.3 is 19.4 Å². The van der Waals surface area contributed by atoms with Crippen LogP contribution in [0.1, 0.15) is 0 Å². The molecule has 0 atom stereocenters. The van der Waals surface area contributed by atoms with Crippen LogP contribution in [0.15, 0.2) is 12.1 Å². The Morgan fingerprint density at radius 1 is 1.06 bits per heavy atom. The highest BCUT2D eigenvalue weighted by Gasteiger charge is 2.34. The molecule has 0 amide bonds. The van der Waals surface area contributed by atoms with Crippen molar-refractivity contribution in [3.63, 3.8) is 0 Å². The largest absolute Gasteiger partial charge is 0.707 e. The zero-order valence-corrected chi connectivity index (χ0v) is 7.83. The lowest BCUT2D eigenvalue weighted by molar-refractivity contribution is -0.276. The molecule has 0 spiro atoms. The van der Waals surface area contributed by atoms with E-state index in [2.05, 4.69) is 9.39 Å². The minimum absolute atomic E-state index is 0.309. The van der Waals surface area contributed by atoms with Gasteiger partial charge in [0.2, 0.25) is 5.75 Å². The van der Waals surface area contributed by atoms with Crippen molar-refractivity contribution in [2.45, 2.75) is 6.36 Å². The summed E-state index contributed by atoms with van der Waals surface area (Å²) in [7, 11) is -2.36. The second-order valence-corrected chi connectivity index (χ2v) is 2.71. The minimum atomic E-state index is -5.25. The smallest absolute Gasteiger partial charge is 0.512 e. The first-order valence-electron chi connectivity index (χ1n) is 3.96. The van der Waals surface area contributed by atoms with Gasteiger partial charge in [0.1, 0.15) is 5.75 Å². The first-order valence-corrected chi connectivity index (χ1v) is 3.96. The van der Waals surface area contributed by atoms with E-state index in [0.717, 1.165) is 0 Å². The van der Waals surface area contributed by atoms with E-state index in [1.807, 2.05) is 0 Å². The molecule has 0 unspecified atom stereocenters. The third-order valence-electron chi connectivity index (χ3n) is 1.43. The van der Waals surface area contributed by atoms with Crippen molar-refractivity contribution in [3.8, 4) is 11.5 Å². The lowest BCUT2D eigenvalue weighted by atomic mass is 10.2. The molecule has 0 saturated heterocycles. The number of hydrogen-bond donors (Lipinski definition) is 2. The van der Waals surface area contributed by atoms with Crippen molar-refractivity contribution >= 4 is 7.32 Å².